The molecule has 0 atom stereocenters. The summed E-state index contributed by atoms with van der Waals surface area (Å²) in [4.78, 5) is 20.8. The molecule has 24 heavy (non-hydrogen) atoms. The number of nitrogens with one attached hydrogen (secondary N) is 2. The molecular weight excluding hydrogens is 300 g/mol. The highest BCUT2D eigenvalue weighted by atomic mass is 16.2. The Morgan fingerprint density at radius 1 is 1.12 bits per heavy atom. The fourth-order valence-electron chi connectivity index (χ4n) is 2.33. The maximum absolute atomic E-state index is 12.3. The summed E-state index contributed by atoms with van der Waals surface area (Å²) in [7, 11) is 0. The molecule has 0 aliphatic heterocycles. The highest BCUT2D eigenvalue weighted by Crippen LogP contribution is 2.10. The van der Waals surface area contributed by atoms with Crippen LogP contribution >= 0.6 is 0 Å². The van der Waals surface area contributed by atoms with E-state index in [2.05, 4.69) is 44.9 Å². The third kappa shape index (κ3) is 5.99. The molecular formula is C19H26N4O. The van der Waals surface area contributed by atoms with Gasteiger partial charge in [0.25, 0.3) is 5.91 Å². The average molecular weight is 326 g/mol. The van der Waals surface area contributed by atoms with Gasteiger partial charge in [-0.25, -0.2) is 9.97 Å². The van der Waals surface area contributed by atoms with Gasteiger partial charge in [-0.2, -0.15) is 0 Å². The lowest BCUT2D eigenvalue weighted by Crippen LogP contribution is -2.41. The van der Waals surface area contributed by atoms with Gasteiger partial charge in [0.15, 0.2) is 0 Å². The Labute approximate surface area is 143 Å². The van der Waals surface area contributed by atoms with Crippen molar-refractivity contribution >= 4 is 11.7 Å². The number of hydrogen-bond donors (Lipinski definition) is 2. The maximum atomic E-state index is 12.3. The maximum Gasteiger partial charge on any atom is 0.270 e. The summed E-state index contributed by atoms with van der Waals surface area (Å²) in [5, 5.41) is 6.20. The van der Waals surface area contributed by atoms with Crippen LogP contribution in [-0.2, 0) is 6.42 Å². The molecule has 0 aliphatic carbocycles. The zero-order chi connectivity index (χ0) is 17.6. The quantitative estimate of drug-likeness (QED) is 0.799. The van der Waals surface area contributed by atoms with Crippen molar-refractivity contribution in [3.05, 3.63) is 53.5 Å². The topological polar surface area (TPSA) is 66.9 Å². The molecule has 0 fully saturated rings. The molecule has 0 spiro atoms. The minimum Gasteiger partial charge on any atom is -0.370 e. The van der Waals surface area contributed by atoms with Gasteiger partial charge in [-0.3, -0.25) is 4.79 Å². The Balaban J connectivity index is 1.92. The molecule has 0 saturated carbocycles. The summed E-state index contributed by atoms with van der Waals surface area (Å²) in [5.74, 6) is 1.09. The second-order valence-corrected chi connectivity index (χ2v) is 6.91. The van der Waals surface area contributed by atoms with E-state index in [4.69, 9.17) is 0 Å². The molecule has 1 amide bonds. The summed E-state index contributed by atoms with van der Waals surface area (Å²) in [6, 6.07) is 12.1. The van der Waals surface area contributed by atoms with E-state index in [9.17, 15) is 4.79 Å². The van der Waals surface area contributed by atoms with Gasteiger partial charge in [0.05, 0.1) is 0 Å². The van der Waals surface area contributed by atoms with Crippen LogP contribution < -0.4 is 10.6 Å². The lowest BCUT2D eigenvalue weighted by atomic mass is 10.1. The normalized spacial score (nSPS) is 11.2. The van der Waals surface area contributed by atoms with Gasteiger partial charge in [0, 0.05) is 18.2 Å². The number of aryl methyl sites for hydroxylation is 2. The number of carbonyl (C=O) groups excluding carboxylic acids is 1. The van der Waals surface area contributed by atoms with Crippen molar-refractivity contribution in [3.8, 4) is 0 Å². The smallest absolute Gasteiger partial charge is 0.270 e. The Kier molecular flexibility index (Phi) is 5.90. The lowest BCUT2D eigenvalue weighted by molar-refractivity contribution is 0.0914. The number of anilines is 1. The van der Waals surface area contributed by atoms with Crippen LogP contribution in [0.25, 0.3) is 0 Å². The number of hydrogen-bond acceptors (Lipinski definition) is 4. The van der Waals surface area contributed by atoms with Crippen molar-refractivity contribution in [1.82, 2.24) is 15.3 Å². The van der Waals surface area contributed by atoms with Crippen LogP contribution in [0.15, 0.2) is 36.4 Å². The van der Waals surface area contributed by atoms with E-state index in [0.717, 1.165) is 19.4 Å². The van der Waals surface area contributed by atoms with Crippen LogP contribution in [0.1, 0.15) is 49.1 Å². The standard InChI is InChI=1S/C19H26N4O/c1-14-21-16(18(24)23-19(2,3)4)13-17(22-14)20-12-8-11-15-9-6-5-7-10-15/h5-7,9-10,13H,8,11-12H2,1-4H3,(H,23,24)(H,20,21,22). The van der Waals surface area contributed by atoms with Gasteiger partial charge in [0.1, 0.15) is 17.3 Å². The van der Waals surface area contributed by atoms with Crippen LogP contribution in [-0.4, -0.2) is 28.0 Å². The first kappa shape index (κ1) is 17.9. The third-order valence-electron chi connectivity index (χ3n) is 3.35. The number of nitrogens with zero attached hydrogens (tertiary/aromatic N) is 2. The Morgan fingerprint density at radius 3 is 2.50 bits per heavy atom. The van der Waals surface area contributed by atoms with Crippen molar-refractivity contribution in [1.29, 1.82) is 0 Å². The van der Waals surface area contributed by atoms with Gasteiger partial charge in [-0.1, -0.05) is 30.3 Å². The number of rotatable bonds is 6. The van der Waals surface area contributed by atoms with Gasteiger partial charge in [-0.05, 0) is 46.1 Å². The molecule has 128 valence electrons. The molecule has 0 radical (unpaired) electrons. The molecule has 2 N–H and O–H groups in total. The minimum absolute atomic E-state index is 0.180. The van der Waals surface area contributed by atoms with Crippen molar-refractivity contribution in [2.75, 3.05) is 11.9 Å². The Bertz CT molecular complexity index is 678. The summed E-state index contributed by atoms with van der Waals surface area (Å²) >= 11 is 0. The second-order valence-electron chi connectivity index (χ2n) is 6.91. The molecule has 1 aromatic carbocycles. The van der Waals surface area contributed by atoms with E-state index in [1.54, 1.807) is 13.0 Å². The second kappa shape index (κ2) is 7.90. The summed E-state index contributed by atoms with van der Waals surface area (Å²) < 4.78 is 0. The number of carbonyl (C=O) groups is 1. The fraction of sp³-hybridized carbons (Fsp3) is 0.421. The lowest BCUT2D eigenvalue weighted by Gasteiger charge is -2.20. The first-order valence-electron chi connectivity index (χ1n) is 8.29. The largest absolute Gasteiger partial charge is 0.370 e. The van der Waals surface area contributed by atoms with Crippen LogP contribution in [0.3, 0.4) is 0 Å². The van der Waals surface area contributed by atoms with E-state index < -0.39 is 0 Å². The molecule has 0 bridgehead atoms. The first-order valence-corrected chi connectivity index (χ1v) is 8.29. The summed E-state index contributed by atoms with van der Waals surface area (Å²) in [6.07, 6.45) is 2.01. The highest BCUT2D eigenvalue weighted by molar-refractivity contribution is 5.93. The first-order chi connectivity index (χ1) is 11.3. The molecule has 1 aromatic heterocycles. The Hall–Kier alpha value is -2.43. The molecule has 0 saturated heterocycles. The predicted molar refractivity (Wildman–Crippen MR) is 97.2 cm³/mol. The van der Waals surface area contributed by atoms with Crippen LogP contribution in [0.5, 0.6) is 0 Å². The van der Waals surface area contributed by atoms with Crippen LogP contribution in [0, 0.1) is 6.92 Å². The zero-order valence-corrected chi connectivity index (χ0v) is 14.9. The van der Waals surface area contributed by atoms with Gasteiger partial charge < -0.3 is 10.6 Å². The van der Waals surface area contributed by atoms with E-state index >= 15 is 0 Å². The van der Waals surface area contributed by atoms with E-state index in [-0.39, 0.29) is 11.4 Å². The monoisotopic (exact) mass is 326 g/mol. The number of amides is 1. The molecule has 1 heterocycles. The third-order valence-corrected chi connectivity index (χ3v) is 3.35. The van der Waals surface area contributed by atoms with Crippen molar-refractivity contribution in [3.63, 3.8) is 0 Å². The Morgan fingerprint density at radius 2 is 1.83 bits per heavy atom. The van der Waals surface area contributed by atoms with Crippen LogP contribution in [0.2, 0.25) is 0 Å². The molecule has 2 rings (SSSR count). The van der Waals surface area contributed by atoms with Gasteiger partial charge in [0.2, 0.25) is 0 Å². The number of benzene rings is 1. The van der Waals surface area contributed by atoms with Gasteiger partial charge in [-0.15, -0.1) is 0 Å². The molecule has 0 unspecified atom stereocenters. The van der Waals surface area contributed by atoms with Crippen molar-refractivity contribution < 1.29 is 4.79 Å². The van der Waals surface area contributed by atoms with Gasteiger partial charge >= 0.3 is 0 Å². The van der Waals surface area contributed by atoms with E-state index in [1.165, 1.54) is 5.56 Å². The SMILES string of the molecule is Cc1nc(NCCCc2ccccc2)cc(C(=O)NC(C)(C)C)n1. The molecule has 0 aliphatic rings. The molecule has 2 aromatic rings. The summed E-state index contributed by atoms with van der Waals surface area (Å²) in [5.41, 5.74) is 1.42. The van der Waals surface area contributed by atoms with E-state index in [1.807, 2.05) is 26.8 Å². The number of aromatic nitrogens is 2. The van der Waals surface area contributed by atoms with Crippen LogP contribution in [0.4, 0.5) is 5.82 Å². The van der Waals surface area contributed by atoms with Crippen molar-refractivity contribution in [2.24, 2.45) is 0 Å². The highest BCUT2D eigenvalue weighted by Gasteiger charge is 2.17. The zero-order valence-electron chi connectivity index (χ0n) is 14.9. The summed E-state index contributed by atoms with van der Waals surface area (Å²) in [6.45, 7) is 8.43. The van der Waals surface area contributed by atoms with E-state index in [0.29, 0.717) is 17.3 Å². The minimum atomic E-state index is -0.292. The molecule has 5 nitrogen and oxygen atoms in total. The average Bonchev–Trinajstić information content (AvgIpc) is 2.50. The van der Waals surface area contributed by atoms with Crippen molar-refractivity contribution in [2.45, 2.75) is 46.1 Å². The molecule has 5 heteroatoms. The fourth-order valence-corrected chi connectivity index (χ4v) is 2.33. The predicted octanol–water partition coefficient (Wildman–Crippen LogP) is 3.36.